The average molecular weight is 495 g/mol. The molecule has 1 aromatic heterocycles. The van der Waals surface area contributed by atoms with Gasteiger partial charge in [0.2, 0.25) is 5.88 Å². The third-order valence-electron chi connectivity index (χ3n) is 6.48. The maximum atomic E-state index is 12.8. The quantitative estimate of drug-likeness (QED) is 0.635. The number of benzene rings is 1. The molecule has 0 spiro atoms. The van der Waals surface area contributed by atoms with Gasteiger partial charge in [0, 0.05) is 19.3 Å². The second-order valence-corrected chi connectivity index (χ2v) is 9.32. The van der Waals surface area contributed by atoms with E-state index in [0.29, 0.717) is 42.7 Å². The SMILES string of the molecule is O=C(N[C@H]1COc2ccc(COCC(F)(F)F)cc2C1)c1cc2n(n1)CC(CC1CCOCC1)O2. The first-order chi connectivity index (χ1) is 16.8. The molecule has 0 radical (unpaired) electrons. The van der Waals surface area contributed by atoms with E-state index in [-0.39, 0.29) is 30.4 Å². The largest absolute Gasteiger partial charge is 0.491 e. The van der Waals surface area contributed by atoms with Crippen LogP contribution in [0.3, 0.4) is 0 Å². The van der Waals surface area contributed by atoms with Crippen molar-refractivity contribution < 1.29 is 36.9 Å². The molecule has 190 valence electrons. The minimum Gasteiger partial charge on any atom is -0.491 e. The predicted molar refractivity (Wildman–Crippen MR) is 117 cm³/mol. The highest BCUT2D eigenvalue weighted by Gasteiger charge is 2.31. The van der Waals surface area contributed by atoms with Gasteiger partial charge in [0.1, 0.15) is 25.1 Å². The minimum atomic E-state index is -4.36. The molecule has 2 aromatic rings. The summed E-state index contributed by atoms with van der Waals surface area (Å²) in [6.07, 6.45) is -0.761. The van der Waals surface area contributed by atoms with Crippen LogP contribution in [-0.2, 0) is 29.0 Å². The third-order valence-corrected chi connectivity index (χ3v) is 6.48. The summed E-state index contributed by atoms with van der Waals surface area (Å²) >= 11 is 0. The number of carbonyl (C=O) groups is 1. The summed E-state index contributed by atoms with van der Waals surface area (Å²) in [5.41, 5.74) is 1.70. The lowest BCUT2D eigenvalue weighted by Gasteiger charge is -2.26. The van der Waals surface area contributed by atoms with Crippen molar-refractivity contribution in [2.75, 3.05) is 26.4 Å². The normalized spacial score (nSPS) is 22.1. The van der Waals surface area contributed by atoms with E-state index in [9.17, 15) is 18.0 Å². The van der Waals surface area contributed by atoms with E-state index in [2.05, 4.69) is 10.4 Å². The molecule has 3 aliphatic heterocycles. The summed E-state index contributed by atoms with van der Waals surface area (Å²) in [4.78, 5) is 12.8. The lowest BCUT2D eigenvalue weighted by atomic mass is 9.94. The standard InChI is InChI=1S/C24H28F3N3O5/c25-24(26,27)14-33-12-16-1-2-21-17(7-16)9-18(13-34-21)28-23(31)20-10-22-30(29-20)11-19(35-22)8-15-3-5-32-6-4-15/h1-2,7,10,15,18-19H,3-6,8-9,11-14H2,(H,28,31)/t18-,19?/m1/s1. The van der Waals surface area contributed by atoms with Crippen molar-refractivity contribution >= 4 is 5.91 Å². The Morgan fingerprint density at radius 1 is 1.23 bits per heavy atom. The number of rotatable bonds is 7. The molecule has 5 rings (SSSR count). The second-order valence-electron chi connectivity index (χ2n) is 9.32. The van der Waals surface area contributed by atoms with E-state index in [1.165, 1.54) is 0 Å². The first-order valence-electron chi connectivity index (χ1n) is 11.8. The van der Waals surface area contributed by atoms with Crippen LogP contribution in [0.1, 0.15) is 40.9 Å². The van der Waals surface area contributed by atoms with Crippen LogP contribution in [0.25, 0.3) is 0 Å². The number of ether oxygens (including phenoxy) is 4. The van der Waals surface area contributed by atoms with Crippen LogP contribution < -0.4 is 14.8 Å². The molecule has 1 fully saturated rings. The predicted octanol–water partition coefficient (Wildman–Crippen LogP) is 3.27. The van der Waals surface area contributed by atoms with Crippen LogP contribution in [-0.4, -0.2) is 60.4 Å². The third kappa shape index (κ3) is 6.07. The van der Waals surface area contributed by atoms with Crippen LogP contribution >= 0.6 is 0 Å². The maximum absolute atomic E-state index is 12.8. The molecule has 4 heterocycles. The van der Waals surface area contributed by atoms with Crippen LogP contribution in [0.4, 0.5) is 13.2 Å². The van der Waals surface area contributed by atoms with Gasteiger partial charge in [-0.25, -0.2) is 4.68 Å². The minimum absolute atomic E-state index is 0.0651. The van der Waals surface area contributed by atoms with Crippen LogP contribution in [0.2, 0.25) is 0 Å². The molecule has 2 atom stereocenters. The molecule has 0 aliphatic carbocycles. The van der Waals surface area contributed by atoms with Crippen molar-refractivity contribution in [3.8, 4) is 11.6 Å². The molecule has 8 nitrogen and oxygen atoms in total. The number of fused-ring (bicyclic) bond motifs is 2. The Hall–Kier alpha value is -2.79. The van der Waals surface area contributed by atoms with E-state index in [1.54, 1.807) is 28.9 Å². The summed E-state index contributed by atoms with van der Waals surface area (Å²) in [6, 6.07) is 6.51. The number of nitrogens with zero attached hydrogens (tertiary/aromatic N) is 2. The smallest absolute Gasteiger partial charge is 0.411 e. The first kappa shape index (κ1) is 23.9. The zero-order chi connectivity index (χ0) is 24.4. The molecule has 1 saturated heterocycles. The van der Waals surface area contributed by atoms with Crippen molar-refractivity contribution in [1.29, 1.82) is 0 Å². The molecule has 0 bridgehead atoms. The number of halogens is 3. The summed E-state index contributed by atoms with van der Waals surface area (Å²) in [5.74, 6) is 1.52. The number of aromatic nitrogens is 2. The van der Waals surface area contributed by atoms with E-state index >= 15 is 0 Å². The monoisotopic (exact) mass is 495 g/mol. The Morgan fingerprint density at radius 3 is 2.83 bits per heavy atom. The molecular weight excluding hydrogens is 467 g/mol. The summed E-state index contributed by atoms with van der Waals surface area (Å²) in [6.45, 7) is 1.07. The molecule has 1 N–H and O–H groups in total. The fourth-order valence-electron chi connectivity index (χ4n) is 4.79. The molecule has 1 amide bonds. The Labute approximate surface area is 200 Å². The molecule has 3 aliphatic rings. The van der Waals surface area contributed by atoms with Gasteiger partial charge in [-0.3, -0.25) is 4.79 Å². The highest BCUT2D eigenvalue weighted by molar-refractivity contribution is 5.92. The number of hydrogen-bond donors (Lipinski definition) is 1. The van der Waals surface area contributed by atoms with E-state index in [4.69, 9.17) is 18.9 Å². The van der Waals surface area contributed by atoms with Gasteiger partial charge in [-0.2, -0.15) is 18.3 Å². The molecule has 1 unspecified atom stereocenters. The number of nitrogens with one attached hydrogen (secondary N) is 1. The van der Waals surface area contributed by atoms with Crippen molar-refractivity contribution in [2.24, 2.45) is 5.92 Å². The first-order valence-corrected chi connectivity index (χ1v) is 11.8. The highest BCUT2D eigenvalue weighted by Crippen LogP contribution is 2.30. The van der Waals surface area contributed by atoms with Gasteiger partial charge in [0.15, 0.2) is 5.69 Å². The van der Waals surface area contributed by atoms with Crippen molar-refractivity contribution in [3.63, 3.8) is 0 Å². The van der Waals surface area contributed by atoms with E-state index in [1.807, 2.05) is 0 Å². The highest BCUT2D eigenvalue weighted by atomic mass is 19.4. The number of hydrogen-bond acceptors (Lipinski definition) is 6. The Morgan fingerprint density at radius 2 is 2.06 bits per heavy atom. The summed E-state index contributed by atoms with van der Waals surface area (Å²) in [7, 11) is 0. The Bertz CT molecular complexity index is 1030. The zero-order valence-corrected chi connectivity index (χ0v) is 19.2. The van der Waals surface area contributed by atoms with Gasteiger partial charge in [-0.05, 0) is 54.9 Å². The van der Waals surface area contributed by atoms with Gasteiger partial charge in [0.25, 0.3) is 5.91 Å². The second kappa shape index (κ2) is 10.1. The van der Waals surface area contributed by atoms with Crippen LogP contribution in [0.15, 0.2) is 24.3 Å². The number of carbonyl (C=O) groups excluding carboxylic acids is 1. The number of alkyl halides is 3. The summed E-state index contributed by atoms with van der Waals surface area (Å²) in [5, 5.41) is 7.35. The van der Waals surface area contributed by atoms with Crippen LogP contribution in [0, 0.1) is 5.92 Å². The van der Waals surface area contributed by atoms with Gasteiger partial charge >= 0.3 is 6.18 Å². The van der Waals surface area contributed by atoms with Crippen molar-refractivity contribution in [2.45, 2.75) is 57.2 Å². The fourth-order valence-corrected chi connectivity index (χ4v) is 4.79. The molecule has 0 saturated carbocycles. The fraction of sp³-hybridized carbons (Fsp3) is 0.583. The lowest BCUT2D eigenvalue weighted by molar-refractivity contribution is -0.176. The van der Waals surface area contributed by atoms with E-state index < -0.39 is 12.8 Å². The van der Waals surface area contributed by atoms with Gasteiger partial charge in [-0.15, -0.1) is 0 Å². The molecular formula is C24H28F3N3O5. The van der Waals surface area contributed by atoms with Crippen LogP contribution in [0.5, 0.6) is 11.6 Å². The topological polar surface area (TPSA) is 83.8 Å². The van der Waals surface area contributed by atoms with E-state index in [0.717, 1.165) is 38.0 Å². The lowest BCUT2D eigenvalue weighted by Crippen LogP contribution is -2.43. The Balaban J connectivity index is 1.13. The maximum Gasteiger partial charge on any atom is 0.411 e. The van der Waals surface area contributed by atoms with Crippen molar-refractivity contribution in [1.82, 2.24) is 15.1 Å². The summed E-state index contributed by atoms with van der Waals surface area (Å²) < 4.78 is 60.6. The van der Waals surface area contributed by atoms with Gasteiger partial charge in [0.05, 0.1) is 19.2 Å². The number of amides is 1. The molecule has 11 heteroatoms. The molecule has 1 aromatic carbocycles. The molecule has 35 heavy (non-hydrogen) atoms. The zero-order valence-electron chi connectivity index (χ0n) is 19.2. The van der Waals surface area contributed by atoms with Gasteiger partial charge < -0.3 is 24.3 Å². The van der Waals surface area contributed by atoms with Crippen molar-refractivity contribution in [3.05, 3.63) is 41.1 Å². The van der Waals surface area contributed by atoms with Gasteiger partial charge in [-0.1, -0.05) is 6.07 Å². The average Bonchev–Trinajstić information content (AvgIpc) is 3.37. The Kier molecular flexibility index (Phi) is 6.88.